The normalized spacial score (nSPS) is 11.6. The van der Waals surface area contributed by atoms with Crippen molar-refractivity contribution >= 4 is 17.3 Å². The van der Waals surface area contributed by atoms with Crippen molar-refractivity contribution in [2.24, 2.45) is 0 Å². The molecule has 0 N–H and O–H groups in total. The Morgan fingerprint density at radius 1 is 0.917 bits per heavy atom. The lowest BCUT2D eigenvalue weighted by atomic mass is 10.1. The summed E-state index contributed by atoms with van der Waals surface area (Å²) >= 11 is 0. The van der Waals surface area contributed by atoms with Crippen LogP contribution in [0.1, 0.15) is 11.5 Å². The van der Waals surface area contributed by atoms with Crippen molar-refractivity contribution in [3.05, 3.63) is 66.3 Å². The molecule has 10 nitrogen and oxygen atoms in total. The fraction of sp³-hybridized carbons (Fsp3) is 0.269. The summed E-state index contributed by atoms with van der Waals surface area (Å²) in [5.41, 5.74) is 1.52. The van der Waals surface area contributed by atoms with Crippen molar-refractivity contribution in [1.82, 2.24) is 19.9 Å². The van der Waals surface area contributed by atoms with E-state index < -0.39 is 5.97 Å². The molecule has 1 heterocycles. The van der Waals surface area contributed by atoms with Crippen LogP contribution in [-0.4, -0.2) is 75.4 Å². The van der Waals surface area contributed by atoms with E-state index in [4.69, 9.17) is 23.5 Å². The van der Waals surface area contributed by atoms with E-state index in [9.17, 15) is 4.79 Å². The van der Waals surface area contributed by atoms with Crippen molar-refractivity contribution in [3.63, 3.8) is 0 Å². The number of ether oxygens (including phenoxy) is 4. The zero-order valence-corrected chi connectivity index (χ0v) is 21.4. The van der Waals surface area contributed by atoms with Gasteiger partial charge in [-0.2, -0.15) is 4.98 Å². The van der Waals surface area contributed by atoms with Gasteiger partial charge in [0.15, 0.2) is 0 Å². The molecule has 0 amide bonds. The van der Waals surface area contributed by atoms with E-state index in [0.29, 0.717) is 39.8 Å². The van der Waals surface area contributed by atoms with E-state index >= 15 is 0 Å². The fourth-order valence-electron chi connectivity index (χ4n) is 3.23. The van der Waals surface area contributed by atoms with Gasteiger partial charge in [-0.05, 0) is 18.2 Å². The average molecular weight is 495 g/mol. The first-order valence-electron chi connectivity index (χ1n) is 10.9. The highest BCUT2D eigenvalue weighted by Crippen LogP contribution is 2.32. The second-order valence-corrected chi connectivity index (χ2v) is 8.08. The lowest BCUT2D eigenvalue weighted by Crippen LogP contribution is -2.12. The molecule has 0 aliphatic heterocycles. The molecule has 0 fully saturated rings. The predicted octanol–water partition coefficient (Wildman–Crippen LogP) is 3.77. The monoisotopic (exact) mass is 494 g/mol. The van der Waals surface area contributed by atoms with Gasteiger partial charge in [-0.15, -0.1) is 0 Å². The van der Waals surface area contributed by atoms with Crippen LogP contribution >= 0.6 is 0 Å². The number of esters is 1. The molecule has 0 aliphatic carbocycles. The van der Waals surface area contributed by atoms with Crippen LogP contribution in [0.3, 0.4) is 0 Å². The third-order valence-electron chi connectivity index (χ3n) is 4.81. The molecule has 0 bridgehead atoms. The summed E-state index contributed by atoms with van der Waals surface area (Å²) in [6, 6.07) is 12.4. The SMILES string of the molecule is COC(=O)/C(=C/N(C)C)c1ccccc1O/C(=C\N(C)C)c1nc(-c2cc(OC)cc(OC)c2)no1. The summed E-state index contributed by atoms with van der Waals surface area (Å²) in [7, 11) is 11.8. The largest absolute Gasteiger partial charge is 0.497 e. The van der Waals surface area contributed by atoms with E-state index in [2.05, 4.69) is 10.1 Å². The first-order chi connectivity index (χ1) is 17.2. The van der Waals surface area contributed by atoms with Gasteiger partial charge in [0, 0.05) is 57.8 Å². The summed E-state index contributed by atoms with van der Waals surface area (Å²) < 4.78 is 27.5. The number of rotatable bonds is 10. The van der Waals surface area contributed by atoms with Crippen molar-refractivity contribution in [1.29, 1.82) is 0 Å². The molecule has 36 heavy (non-hydrogen) atoms. The molecule has 3 aromatic rings. The van der Waals surface area contributed by atoms with Gasteiger partial charge in [-0.3, -0.25) is 0 Å². The first-order valence-corrected chi connectivity index (χ1v) is 10.9. The Labute approximate surface area is 210 Å². The van der Waals surface area contributed by atoms with Crippen LogP contribution in [0.25, 0.3) is 22.7 Å². The minimum atomic E-state index is -0.495. The highest BCUT2D eigenvalue weighted by Gasteiger charge is 2.22. The lowest BCUT2D eigenvalue weighted by Gasteiger charge is -2.16. The molecule has 0 aliphatic rings. The van der Waals surface area contributed by atoms with Crippen LogP contribution in [-0.2, 0) is 9.53 Å². The molecule has 0 radical (unpaired) electrons. The molecule has 3 rings (SSSR count). The van der Waals surface area contributed by atoms with E-state index in [1.807, 2.05) is 34.3 Å². The molecular formula is C26H30N4O6. The zero-order chi connectivity index (χ0) is 26.2. The van der Waals surface area contributed by atoms with Crippen molar-refractivity contribution in [3.8, 4) is 28.6 Å². The summed E-state index contributed by atoms with van der Waals surface area (Å²) in [4.78, 5) is 20.6. The number of carbonyl (C=O) groups is 1. The number of hydrogen-bond donors (Lipinski definition) is 0. The molecule has 0 saturated carbocycles. The maximum Gasteiger partial charge on any atom is 0.340 e. The highest BCUT2D eigenvalue weighted by molar-refractivity contribution is 6.17. The average Bonchev–Trinajstić information content (AvgIpc) is 3.36. The molecule has 0 spiro atoms. The van der Waals surface area contributed by atoms with Gasteiger partial charge in [0.25, 0.3) is 5.89 Å². The lowest BCUT2D eigenvalue weighted by molar-refractivity contribution is -0.133. The molecule has 10 heteroatoms. The van der Waals surface area contributed by atoms with Gasteiger partial charge in [-0.25, -0.2) is 4.79 Å². The number of aromatic nitrogens is 2. The summed E-state index contributed by atoms with van der Waals surface area (Å²) in [5, 5.41) is 4.12. The zero-order valence-electron chi connectivity index (χ0n) is 21.4. The molecule has 0 atom stereocenters. The van der Waals surface area contributed by atoms with E-state index in [-0.39, 0.29) is 11.6 Å². The molecule has 1 aromatic heterocycles. The van der Waals surface area contributed by atoms with Gasteiger partial charge >= 0.3 is 5.97 Å². The van der Waals surface area contributed by atoms with Crippen LogP contribution < -0.4 is 14.2 Å². The maximum absolute atomic E-state index is 12.5. The van der Waals surface area contributed by atoms with Crippen LogP contribution in [0.5, 0.6) is 17.2 Å². The number of benzene rings is 2. The summed E-state index contributed by atoms with van der Waals surface area (Å²) in [6.45, 7) is 0. The van der Waals surface area contributed by atoms with Gasteiger partial charge in [-0.1, -0.05) is 23.4 Å². The number of hydrogen-bond acceptors (Lipinski definition) is 10. The van der Waals surface area contributed by atoms with Gasteiger partial charge < -0.3 is 33.3 Å². The van der Waals surface area contributed by atoms with Crippen LogP contribution in [0.2, 0.25) is 0 Å². The van der Waals surface area contributed by atoms with Crippen LogP contribution in [0, 0.1) is 0 Å². The van der Waals surface area contributed by atoms with Crippen LogP contribution in [0.4, 0.5) is 0 Å². The van der Waals surface area contributed by atoms with E-state index in [1.165, 1.54) is 7.11 Å². The minimum absolute atomic E-state index is 0.145. The Kier molecular flexibility index (Phi) is 8.56. The Morgan fingerprint density at radius 3 is 2.14 bits per heavy atom. The van der Waals surface area contributed by atoms with Crippen LogP contribution in [0.15, 0.2) is 59.4 Å². The molecule has 0 unspecified atom stereocenters. The van der Waals surface area contributed by atoms with Gasteiger partial charge in [0.05, 0.1) is 26.9 Å². The Bertz CT molecular complexity index is 1240. The molecular weight excluding hydrogens is 464 g/mol. The van der Waals surface area contributed by atoms with Crippen molar-refractivity contribution < 1.29 is 28.3 Å². The molecule has 190 valence electrons. The quantitative estimate of drug-likeness (QED) is 0.235. The smallest absolute Gasteiger partial charge is 0.340 e. The Balaban J connectivity index is 2.04. The Morgan fingerprint density at radius 2 is 1.56 bits per heavy atom. The maximum atomic E-state index is 12.5. The first kappa shape index (κ1) is 26.1. The number of methoxy groups -OCH3 is 3. The minimum Gasteiger partial charge on any atom is -0.497 e. The number of carbonyl (C=O) groups excluding carboxylic acids is 1. The van der Waals surface area contributed by atoms with E-state index in [0.717, 1.165) is 0 Å². The Hall–Kier alpha value is -4.47. The highest BCUT2D eigenvalue weighted by atomic mass is 16.5. The van der Waals surface area contributed by atoms with E-state index in [1.54, 1.807) is 72.8 Å². The third kappa shape index (κ3) is 6.35. The second kappa shape index (κ2) is 11.8. The standard InChI is InChI=1S/C26H30N4O6/c1-29(2)15-21(26(31)34-7)20-10-8-9-11-22(20)35-23(16-30(3)4)25-27-24(28-36-25)17-12-18(32-5)14-19(13-17)33-6/h8-16H,1-7H3/b21-15+,23-16-. The number of para-hydroxylation sites is 1. The van der Waals surface area contributed by atoms with Crippen molar-refractivity contribution in [2.45, 2.75) is 0 Å². The summed E-state index contributed by atoms with van der Waals surface area (Å²) in [6.07, 6.45) is 3.37. The summed E-state index contributed by atoms with van der Waals surface area (Å²) in [5.74, 6) is 1.85. The second-order valence-electron chi connectivity index (χ2n) is 8.08. The molecule has 2 aromatic carbocycles. The fourth-order valence-corrected chi connectivity index (χ4v) is 3.23. The third-order valence-corrected chi connectivity index (χ3v) is 4.81. The number of nitrogens with zero attached hydrogens (tertiary/aromatic N) is 4. The van der Waals surface area contributed by atoms with Crippen molar-refractivity contribution in [2.75, 3.05) is 49.5 Å². The topological polar surface area (TPSA) is 99.4 Å². The molecule has 0 saturated heterocycles. The van der Waals surface area contributed by atoms with Gasteiger partial charge in [0.1, 0.15) is 17.2 Å². The van der Waals surface area contributed by atoms with Gasteiger partial charge in [0.2, 0.25) is 11.6 Å². The predicted molar refractivity (Wildman–Crippen MR) is 135 cm³/mol.